The summed E-state index contributed by atoms with van der Waals surface area (Å²) < 4.78 is 5.39. The summed E-state index contributed by atoms with van der Waals surface area (Å²) in [7, 11) is 0. The maximum Gasteiger partial charge on any atom is 0.342 e. The Morgan fingerprint density at radius 3 is 2.31 bits per heavy atom. The highest BCUT2D eigenvalue weighted by Gasteiger charge is 2.26. The first-order valence-electron chi connectivity index (χ1n) is 8.46. The highest BCUT2D eigenvalue weighted by Crippen LogP contribution is 2.33. The molecule has 1 aromatic heterocycles. The number of Topliss-reactive ketones (excluding diaryl/α,β-unsaturated/α-hetero) is 1. The van der Waals surface area contributed by atoms with Gasteiger partial charge in [-0.2, -0.15) is 0 Å². The zero-order valence-corrected chi connectivity index (χ0v) is 16.5. The standard InChI is InChI=1S/C20H23NO4S/c1-6-15-7-9-16(10-8-15)18(23)12(3)25-20(24)17-11(2)13(4)26-19(17)21-14(5)22/h7-10,12H,6H2,1-5H3,(H,21,22)/t12-/m1/s1. The van der Waals surface area contributed by atoms with Gasteiger partial charge in [0.05, 0.1) is 5.56 Å². The molecule has 2 aromatic rings. The van der Waals surface area contributed by atoms with Gasteiger partial charge in [-0.05, 0) is 38.3 Å². The van der Waals surface area contributed by atoms with Crippen molar-refractivity contribution in [2.45, 2.75) is 47.1 Å². The number of amides is 1. The molecule has 1 atom stereocenters. The quantitative estimate of drug-likeness (QED) is 0.605. The molecule has 5 nitrogen and oxygen atoms in total. The van der Waals surface area contributed by atoms with Crippen LogP contribution in [-0.4, -0.2) is 23.8 Å². The van der Waals surface area contributed by atoms with E-state index >= 15 is 0 Å². The zero-order chi connectivity index (χ0) is 19.4. The van der Waals surface area contributed by atoms with E-state index in [4.69, 9.17) is 4.74 Å². The molecule has 0 saturated carbocycles. The Morgan fingerprint density at radius 2 is 1.77 bits per heavy atom. The van der Waals surface area contributed by atoms with Crippen molar-refractivity contribution in [3.8, 4) is 0 Å². The number of aryl methyl sites for hydroxylation is 2. The van der Waals surface area contributed by atoms with Crippen LogP contribution in [0.5, 0.6) is 0 Å². The summed E-state index contributed by atoms with van der Waals surface area (Å²) in [6.45, 7) is 8.64. The summed E-state index contributed by atoms with van der Waals surface area (Å²) in [6, 6.07) is 7.27. The van der Waals surface area contributed by atoms with Crippen molar-refractivity contribution in [1.82, 2.24) is 0 Å². The van der Waals surface area contributed by atoms with Gasteiger partial charge < -0.3 is 10.1 Å². The number of ether oxygens (including phenoxy) is 1. The topological polar surface area (TPSA) is 72.5 Å². The summed E-state index contributed by atoms with van der Waals surface area (Å²) >= 11 is 1.32. The number of esters is 1. The van der Waals surface area contributed by atoms with Gasteiger partial charge >= 0.3 is 5.97 Å². The molecule has 26 heavy (non-hydrogen) atoms. The van der Waals surface area contributed by atoms with Gasteiger partial charge in [0.15, 0.2) is 6.10 Å². The monoisotopic (exact) mass is 373 g/mol. The van der Waals surface area contributed by atoms with E-state index in [0.29, 0.717) is 16.1 Å². The van der Waals surface area contributed by atoms with E-state index < -0.39 is 12.1 Å². The van der Waals surface area contributed by atoms with Crippen molar-refractivity contribution in [2.24, 2.45) is 0 Å². The van der Waals surface area contributed by atoms with E-state index in [-0.39, 0.29) is 11.7 Å². The molecule has 0 radical (unpaired) electrons. The minimum Gasteiger partial charge on any atom is -0.451 e. The van der Waals surface area contributed by atoms with Crippen molar-refractivity contribution in [1.29, 1.82) is 0 Å². The first kappa shape index (κ1) is 19.8. The Hall–Kier alpha value is -2.47. The molecule has 0 bridgehead atoms. The van der Waals surface area contributed by atoms with Crippen LogP contribution in [0.15, 0.2) is 24.3 Å². The molecule has 0 aliphatic carbocycles. The number of hydrogen-bond acceptors (Lipinski definition) is 5. The lowest BCUT2D eigenvalue weighted by molar-refractivity contribution is -0.114. The van der Waals surface area contributed by atoms with Gasteiger partial charge in [0.1, 0.15) is 5.00 Å². The fourth-order valence-corrected chi connectivity index (χ4v) is 3.63. The summed E-state index contributed by atoms with van der Waals surface area (Å²) in [6.07, 6.45) is -0.0263. The minimum atomic E-state index is -0.917. The Morgan fingerprint density at radius 1 is 1.15 bits per heavy atom. The van der Waals surface area contributed by atoms with E-state index in [1.54, 1.807) is 26.0 Å². The summed E-state index contributed by atoms with van der Waals surface area (Å²) in [5.74, 6) is -1.13. The molecule has 0 fully saturated rings. The third-order valence-corrected chi connectivity index (χ3v) is 5.30. The number of nitrogens with one attached hydrogen (secondary N) is 1. The fourth-order valence-electron chi connectivity index (χ4n) is 2.53. The second-order valence-corrected chi connectivity index (χ2v) is 7.36. The number of thiophene rings is 1. The number of carbonyl (C=O) groups excluding carboxylic acids is 3. The van der Waals surface area contributed by atoms with E-state index in [1.807, 2.05) is 26.0 Å². The third-order valence-electron chi connectivity index (χ3n) is 4.18. The summed E-state index contributed by atoms with van der Waals surface area (Å²) in [5.41, 5.74) is 2.69. The van der Waals surface area contributed by atoms with Gasteiger partial charge in [-0.15, -0.1) is 11.3 Å². The molecule has 2 rings (SSSR count). The average molecular weight is 373 g/mol. The van der Waals surface area contributed by atoms with Crippen molar-refractivity contribution < 1.29 is 19.1 Å². The van der Waals surface area contributed by atoms with Crippen LogP contribution in [0.3, 0.4) is 0 Å². The number of anilines is 1. The highest BCUT2D eigenvalue weighted by molar-refractivity contribution is 7.16. The van der Waals surface area contributed by atoms with Crippen molar-refractivity contribution in [2.75, 3.05) is 5.32 Å². The van der Waals surface area contributed by atoms with Crippen molar-refractivity contribution >= 4 is 34.0 Å². The number of benzene rings is 1. The Kier molecular flexibility index (Phi) is 6.32. The van der Waals surface area contributed by atoms with Crippen LogP contribution in [0, 0.1) is 13.8 Å². The number of ketones is 1. The first-order valence-corrected chi connectivity index (χ1v) is 9.27. The van der Waals surface area contributed by atoms with Crippen LogP contribution < -0.4 is 5.32 Å². The van der Waals surface area contributed by atoms with E-state index in [2.05, 4.69) is 5.32 Å². The zero-order valence-electron chi connectivity index (χ0n) is 15.6. The molecule has 0 unspecified atom stereocenters. The Balaban J connectivity index is 2.18. The lowest BCUT2D eigenvalue weighted by atomic mass is 10.0. The number of carbonyl (C=O) groups is 3. The fraction of sp³-hybridized carbons (Fsp3) is 0.350. The van der Waals surface area contributed by atoms with E-state index in [0.717, 1.165) is 22.4 Å². The smallest absolute Gasteiger partial charge is 0.342 e. The van der Waals surface area contributed by atoms with Crippen LogP contribution in [0.2, 0.25) is 0 Å². The minimum absolute atomic E-state index is 0.258. The van der Waals surface area contributed by atoms with Gasteiger partial charge in [-0.25, -0.2) is 4.79 Å². The average Bonchev–Trinajstić information content (AvgIpc) is 2.87. The van der Waals surface area contributed by atoms with Gasteiger partial charge in [0, 0.05) is 17.4 Å². The van der Waals surface area contributed by atoms with Crippen LogP contribution in [0.4, 0.5) is 5.00 Å². The van der Waals surface area contributed by atoms with Gasteiger partial charge in [0.2, 0.25) is 11.7 Å². The predicted molar refractivity (Wildman–Crippen MR) is 103 cm³/mol. The first-order chi connectivity index (χ1) is 12.2. The molecular formula is C20H23NO4S. The van der Waals surface area contributed by atoms with Crippen LogP contribution in [0.25, 0.3) is 0 Å². The lowest BCUT2D eigenvalue weighted by Gasteiger charge is -2.13. The summed E-state index contributed by atoms with van der Waals surface area (Å²) in [5, 5.41) is 3.11. The van der Waals surface area contributed by atoms with E-state index in [1.165, 1.54) is 18.3 Å². The molecule has 138 valence electrons. The Labute approximate surface area is 157 Å². The van der Waals surface area contributed by atoms with Gasteiger partial charge in [0.25, 0.3) is 0 Å². The molecule has 1 N–H and O–H groups in total. The van der Waals surface area contributed by atoms with Gasteiger partial charge in [-0.1, -0.05) is 31.2 Å². The molecule has 1 amide bonds. The normalized spacial score (nSPS) is 11.7. The van der Waals surface area contributed by atoms with Crippen LogP contribution in [0.1, 0.15) is 57.5 Å². The Bertz CT molecular complexity index is 836. The molecular weight excluding hydrogens is 350 g/mol. The molecule has 6 heteroatoms. The third kappa shape index (κ3) is 4.38. The SMILES string of the molecule is CCc1ccc(C(=O)[C@@H](C)OC(=O)c2c(NC(C)=O)sc(C)c2C)cc1. The van der Waals surface area contributed by atoms with Crippen LogP contribution in [-0.2, 0) is 16.0 Å². The second-order valence-electron chi connectivity index (χ2n) is 6.13. The molecule has 1 heterocycles. The molecule has 0 saturated heterocycles. The number of rotatable bonds is 6. The number of hydrogen-bond donors (Lipinski definition) is 1. The van der Waals surface area contributed by atoms with Gasteiger partial charge in [-0.3, -0.25) is 9.59 Å². The van der Waals surface area contributed by atoms with Crippen LogP contribution >= 0.6 is 11.3 Å². The molecule has 0 aliphatic rings. The molecule has 0 spiro atoms. The summed E-state index contributed by atoms with van der Waals surface area (Å²) in [4.78, 5) is 37.4. The highest BCUT2D eigenvalue weighted by atomic mass is 32.1. The molecule has 1 aromatic carbocycles. The predicted octanol–water partition coefficient (Wildman–Crippen LogP) is 4.31. The lowest BCUT2D eigenvalue weighted by Crippen LogP contribution is -2.25. The maximum atomic E-state index is 12.6. The molecule has 0 aliphatic heterocycles. The van der Waals surface area contributed by atoms with Crippen molar-refractivity contribution in [3.05, 3.63) is 51.4 Å². The van der Waals surface area contributed by atoms with Crippen molar-refractivity contribution in [3.63, 3.8) is 0 Å². The largest absolute Gasteiger partial charge is 0.451 e. The van der Waals surface area contributed by atoms with E-state index in [9.17, 15) is 14.4 Å². The second kappa shape index (κ2) is 8.27. The maximum absolute atomic E-state index is 12.6.